The van der Waals surface area contributed by atoms with Crippen molar-refractivity contribution in [2.75, 3.05) is 0 Å². The van der Waals surface area contributed by atoms with Crippen LogP contribution in [-0.2, 0) is 12.8 Å². The van der Waals surface area contributed by atoms with Gasteiger partial charge in [-0.1, -0.05) is 20.8 Å². The summed E-state index contributed by atoms with van der Waals surface area (Å²) >= 11 is 0. The molecule has 3 nitrogen and oxygen atoms in total. The first-order valence-electron chi connectivity index (χ1n) is 8.19. The second-order valence-corrected chi connectivity index (χ2v) is 7.76. The number of hydrogen-bond donors (Lipinski definition) is 1. The van der Waals surface area contributed by atoms with Crippen molar-refractivity contribution < 1.29 is 5.11 Å². The van der Waals surface area contributed by atoms with Crippen molar-refractivity contribution in [1.29, 1.82) is 0 Å². The summed E-state index contributed by atoms with van der Waals surface area (Å²) in [6.07, 6.45) is 9.76. The molecule has 1 aromatic heterocycles. The first kappa shape index (κ1) is 14.1. The van der Waals surface area contributed by atoms with E-state index in [1.807, 2.05) is 6.33 Å². The fraction of sp³-hybridized carbons (Fsp3) is 0.824. The van der Waals surface area contributed by atoms with Crippen LogP contribution in [0.4, 0.5) is 0 Å². The summed E-state index contributed by atoms with van der Waals surface area (Å²) in [7, 11) is 0. The van der Waals surface area contributed by atoms with Gasteiger partial charge in [-0.15, -0.1) is 0 Å². The lowest BCUT2D eigenvalue weighted by Crippen LogP contribution is -2.36. The molecule has 1 N–H and O–H groups in total. The quantitative estimate of drug-likeness (QED) is 0.852. The highest BCUT2D eigenvalue weighted by Crippen LogP contribution is 2.43. The van der Waals surface area contributed by atoms with E-state index in [1.54, 1.807) is 0 Å². The van der Waals surface area contributed by atoms with E-state index in [0.29, 0.717) is 11.3 Å². The van der Waals surface area contributed by atoms with Crippen LogP contribution >= 0.6 is 0 Å². The minimum absolute atomic E-state index is 0.200. The lowest BCUT2D eigenvalue weighted by Gasteiger charge is -2.41. The fourth-order valence-corrected chi connectivity index (χ4v) is 3.99. The molecule has 0 aromatic carbocycles. The van der Waals surface area contributed by atoms with Gasteiger partial charge in [0.1, 0.15) is 0 Å². The van der Waals surface area contributed by atoms with Gasteiger partial charge >= 0.3 is 0 Å². The molecule has 1 aromatic rings. The van der Waals surface area contributed by atoms with Gasteiger partial charge in [0.15, 0.2) is 0 Å². The van der Waals surface area contributed by atoms with Gasteiger partial charge in [0.2, 0.25) is 0 Å². The SMILES string of the molecule is CC(C)(C)C1CCC(O)C(n2cnc3c2CCCC3)C1. The van der Waals surface area contributed by atoms with Crippen molar-refractivity contribution in [2.24, 2.45) is 11.3 Å². The van der Waals surface area contributed by atoms with E-state index in [9.17, 15) is 5.11 Å². The van der Waals surface area contributed by atoms with Crippen LogP contribution in [0, 0.1) is 11.3 Å². The fourth-order valence-electron chi connectivity index (χ4n) is 3.99. The van der Waals surface area contributed by atoms with Gasteiger partial charge in [-0.05, 0) is 56.3 Å². The van der Waals surface area contributed by atoms with Crippen LogP contribution < -0.4 is 0 Å². The highest BCUT2D eigenvalue weighted by Gasteiger charge is 2.37. The van der Waals surface area contributed by atoms with E-state index >= 15 is 0 Å². The van der Waals surface area contributed by atoms with Gasteiger partial charge in [-0.2, -0.15) is 0 Å². The van der Waals surface area contributed by atoms with Crippen molar-refractivity contribution in [3.8, 4) is 0 Å². The van der Waals surface area contributed by atoms with Crippen LogP contribution in [0.25, 0.3) is 0 Å². The molecule has 0 amide bonds. The van der Waals surface area contributed by atoms with E-state index in [0.717, 1.165) is 32.1 Å². The van der Waals surface area contributed by atoms with E-state index in [4.69, 9.17) is 0 Å². The summed E-state index contributed by atoms with van der Waals surface area (Å²) in [6, 6.07) is 0.238. The summed E-state index contributed by atoms with van der Waals surface area (Å²) in [4.78, 5) is 4.61. The smallest absolute Gasteiger partial charge is 0.0955 e. The first-order chi connectivity index (χ1) is 9.47. The van der Waals surface area contributed by atoms with E-state index in [-0.39, 0.29) is 12.1 Å². The Labute approximate surface area is 122 Å². The highest BCUT2D eigenvalue weighted by atomic mass is 16.3. The van der Waals surface area contributed by atoms with Crippen LogP contribution in [0.5, 0.6) is 0 Å². The Kier molecular flexibility index (Phi) is 3.65. The number of nitrogens with zero attached hydrogens (tertiary/aromatic N) is 2. The molecule has 112 valence electrons. The zero-order valence-electron chi connectivity index (χ0n) is 13.1. The minimum Gasteiger partial charge on any atom is -0.391 e. The summed E-state index contributed by atoms with van der Waals surface area (Å²) < 4.78 is 2.32. The van der Waals surface area contributed by atoms with Crippen molar-refractivity contribution in [1.82, 2.24) is 9.55 Å². The Morgan fingerprint density at radius 3 is 2.70 bits per heavy atom. The highest BCUT2D eigenvalue weighted by molar-refractivity contribution is 5.18. The Hall–Kier alpha value is -0.830. The molecule has 3 rings (SSSR count). The summed E-state index contributed by atoms with van der Waals surface area (Å²) in [5.41, 5.74) is 3.01. The van der Waals surface area contributed by atoms with E-state index < -0.39 is 0 Å². The minimum atomic E-state index is -0.200. The zero-order valence-corrected chi connectivity index (χ0v) is 13.1. The largest absolute Gasteiger partial charge is 0.391 e. The van der Waals surface area contributed by atoms with E-state index in [2.05, 4.69) is 30.3 Å². The molecule has 0 bridgehead atoms. The Balaban J connectivity index is 1.86. The van der Waals surface area contributed by atoms with Crippen molar-refractivity contribution in [3.05, 3.63) is 17.7 Å². The lowest BCUT2D eigenvalue weighted by molar-refractivity contribution is 0.0241. The maximum absolute atomic E-state index is 10.5. The van der Waals surface area contributed by atoms with Gasteiger partial charge < -0.3 is 9.67 Å². The second-order valence-electron chi connectivity index (χ2n) is 7.76. The Morgan fingerprint density at radius 2 is 1.95 bits per heavy atom. The molecule has 0 radical (unpaired) electrons. The molecular formula is C17H28N2O. The first-order valence-corrected chi connectivity index (χ1v) is 8.19. The Bertz CT molecular complexity index is 472. The van der Waals surface area contributed by atoms with Gasteiger partial charge in [0.25, 0.3) is 0 Å². The molecule has 2 aliphatic carbocycles. The molecule has 1 fully saturated rings. The Morgan fingerprint density at radius 1 is 1.20 bits per heavy atom. The monoisotopic (exact) mass is 276 g/mol. The molecule has 0 saturated heterocycles. The maximum atomic E-state index is 10.5. The van der Waals surface area contributed by atoms with Gasteiger partial charge in [0.05, 0.1) is 24.2 Å². The normalized spacial score (nSPS) is 31.1. The van der Waals surface area contributed by atoms with Crippen LogP contribution in [-0.4, -0.2) is 20.8 Å². The molecule has 0 aliphatic heterocycles. The number of aliphatic hydroxyl groups excluding tert-OH is 1. The summed E-state index contributed by atoms with van der Waals surface area (Å²) in [5.74, 6) is 0.692. The van der Waals surface area contributed by atoms with Crippen molar-refractivity contribution in [2.45, 2.75) is 77.9 Å². The second kappa shape index (κ2) is 5.18. The molecule has 20 heavy (non-hydrogen) atoms. The van der Waals surface area contributed by atoms with E-state index in [1.165, 1.54) is 24.2 Å². The number of hydrogen-bond acceptors (Lipinski definition) is 2. The third kappa shape index (κ3) is 2.52. The number of fused-ring (bicyclic) bond motifs is 1. The molecule has 3 unspecified atom stereocenters. The molecular weight excluding hydrogens is 248 g/mol. The molecule has 3 atom stereocenters. The number of rotatable bonds is 1. The summed E-state index contributed by atoms with van der Waals surface area (Å²) in [6.45, 7) is 6.99. The lowest BCUT2D eigenvalue weighted by atomic mass is 9.70. The van der Waals surface area contributed by atoms with Gasteiger partial charge in [-0.25, -0.2) is 4.98 Å². The standard InChI is InChI=1S/C17H28N2O/c1-17(2,3)12-8-9-16(20)15(10-12)19-11-18-13-6-4-5-7-14(13)19/h11-12,15-16,20H,4-10H2,1-3H3. The molecule has 3 heteroatoms. The maximum Gasteiger partial charge on any atom is 0.0955 e. The molecule has 1 heterocycles. The predicted molar refractivity (Wildman–Crippen MR) is 80.7 cm³/mol. The molecule has 2 aliphatic rings. The zero-order chi connectivity index (χ0) is 14.3. The third-order valence-electron chi connectivity index (χ3n) is 5.42. The number of aromatic nitrogens is 2. The average molecular weight is 276 g/mol. The van der Waals surface area contributed by atoms with Crippen LogP contribution in [0.15, 0.2) is 6.33 Å². The van der Waals surface area contributed by atoms with Crippen LogP contribution in [0.3, 0.4) is 0 Å². The third-order valence-corrected chi connectivity index (χ3v) is 5.42. The van der Waals surface area contributed by atoms with Gasteiger partial charge in [0, 0.05) is 5.69 Å². The van der Waals surface area contributed by atoms with Crippen LogP contribution in [0.2, 0.25) is 0 Å². The number of aliphatic hydroxyl groups is 1. The average Bonchev–Trinajstić information content (AvgIpc) is 2.82. The van der Waals surface area contributed by atoms with Gasteiger partial charge in [-0.3, -0.25) is 0 Å². The van der Waals surface area contributed by atoms with Crippen molar-refractivity contribution >= 4 is 0 Å². The molecule has 1 saturated carbocycles. The topological polar surface area (TPSA) is 38.0 Å². The molecule has 0 spiro atoms. The predicted octanol–water partition coefficient (Wildman–Crippen LogP) is 3.51. The number of imidazole rings is 1. The number of aryl methyl sites for hydroxylation is 1. The summed E-state index contributed by atoms with van der Waals surface area (Å²) in [5, 5.41) is 10.5. The van der Waals surface area contributed by atoms with Crippen molar-refractivity contribution in [3.63, 3.8) is 0 Å². The van der Waals surface area contributed by atoms with Crippen LogP contribution in [0.1, 0.15) is 70.3 Å².